The molecule has 0 aliphatic heterocycles. The van der Waals surface area contributed by atoms with Crippen molar-refractivity contribution in [2.24, 2.45) is 5.92 Å². The van der Waals surface area contributed by atoms with Crippen LogP contribution in [0.1, 0.15) is 81.4 Å². The number of rotatable bonds is 7. The summed E-state index contributed by atoms with van der Waals surface area (Å²) in [6, 6.07) is 16.6. The van der Waals surface area contributed by atoms with Crippen molar-refractivity contribution in [1.29, 1.82) is 10.5 Å². The zero-order chi connectivity index (χ0) is 20.6. The SMILES string of the molecule is CCCOc1ccc(-c2ccc(C3CCC(CCC)CC3)c(C#N)c2C#N)cc1. The lowest BCUT2D eigenvalue weighted by Crippen LogP contribution is -2.14. The fourth-order valence-corrected chi connectivity index (χ4v) is 4.56. The highest BCUT2D eigenvalue weighted by Crippen LogP contribution is 2.40. The van der Waals surface area contributed by atoms with Gasteiger partial charge in [0.25, 0.3) is 0 Å². The van der Waals surface area contributed by atoms with Gasteiger partial charge in [-0.2, -0.15) is 10.5 Å². The summed E-state index contributed by atoms with van der Waals surface area (Å²) in [5.74, 6) is 2.05. The standard InChI is InChI=1S/C26H30N2O/c1-3-5-19-6-8-20(9-7-19)23-14-15-24(26(18-28)25(23)17-27)21-10-12-22(13-11-21)29-16-4-2/h10-15,19-20H,3-9,16H2,1-2H3. The third-order valence-electron chi connectivity index (χ3n) is 6.08. The van der Waals surface area contributed by atoms with E-state index in [4.69, 9.17) is 4.74 Å². The first kappa shape index (κ1) is 20.9. The van der Waals surface area contributed by atoms with Gasteiger partial charge in [0.2, 0.25) is 0 Å². The highest BCUT2D eigenvalue weighted by molar-refractivity contribution is 5.75. The lowest BCUT2D eigenvalue weighted by molar-refractivity contribution is 0.308. The number of nitrogens with zero attached hydrogens (tertiary/aromatic N) is 2. The highest BCUT2D eigenvalue weighted by atomic mass is 16.5. The van der Waals surface area contributed by atoms with Crippen LogP contribution in [0.2, 0.25) is 0 Å². The van der Waals surface area contributed by atoms with Gasteiger partial charge in [0.05, 0.1) is 17.7 Å². The first-order valence-electron chi connectivity index (χ1n) is 10.9. The van der Waals surface area contributed by atoms with Gasteiger partial charge in [0.15, 0.2) is 0 Å². The quantitative estimate of drug-likeness (QED) is 0.517. The molecule has 0 saturated heterocycles. The average Bonchev–Trinajstić information content (AvgIpc) is 2.77. The van der Waals surface area contributed by atoms with E-state index in [-0.39, 0.29) is 0 Å². The Labute approximate surface area is 174 Å². The van der Waals surface area contributed by atoms with Crippen molar-refractivity contribution < 1.29 is 4.74 Å². The number of nitriles is 2. The summed E-state index contributed by atoms with van der Waals surface area (Å²) >= 11 is 0. The summed E-state index contributed by atoms with van der Waals surface area (Å²) in [6.07, 6.45) is 8.21. The second-order valence-electron chi connectivity index (χ2n) is 8.06. The first-order valence-corrected chi connectivity index (χ1v) is 10.9. The van der Waals surface area contributed by atoms with E-state index in [0.29, 0.717) is 23.7 Å². The predicted molar refractivity (Wildman–Crippen MR) is 117 cm³/mol. The van der Waals surface area contributed by atoms with E-state index in [1.54, 1.807) is 0 Å². The summed E-state index contributed by atoms with van der Waals surface area (Å²) < 4.78 is 5.65. The van der Waals surface area contributed by atoms with E-state index < -0.39 is 0 Å². The van der Waals surface area contributed by atoms with Crippen molar-refractivity contribution >= 4 is 0 Å². The van der Waals surface area contributed by atoms with Crippen LogP contribution in [0, 0.1) is 28.6 Å². The smallest absolute Gasteiger partial charge is 0.119 e. The van der Waals surface area contributed by atoms with E-state index in [2.05, 4.69) is 32.1 Å². The number of hydrogen-bond donors (Lipinski definition) is 0. The maximum absolute atomic E-state index is 9.89. The number of hydrogen-bond acceptors (Lipinski definition) is 3. The van der Waals surface area contributed by atoms with E-state index >= 15 is 0 Å². The van der Waals surface area contributed by atoms with Gasteiger partial charge in [-0.25, -0.2) is 0 Å². The van der Waals surface area contributed by atoms with Crippen molar-refractivity contribution in [3.63, 3.8) is 0 Å². The average molecular weight is 387 g/mol. The summed E-state index contributed by atoms with van der Waals surface area (Å²) in [6.45, 7) is 5.02. The molecule has 0 heterocycles. The van der Waals surface area contributed by atoms with Crippen LogP contribution in [0.25, 0.3) is 11.1 Å². The molecule has 0 bridgehead atoms. The molecule has 0 N–H and O–H groups in total. The summed E-state index contributed by atoms with van der Waals surface area (Å²) in [5, 5.41) is 19.8. The Bertz CT molecular complexity index is 894. The van der Waals surface area contributed by atoms with Gasteiger partial charge in [-0.05, 0) is 67.2 Å². The molecule has 1 aliphatic rings. The molecule has 1 saturated carbocycles. The van der Waals surface area contributed by atoms with Crippen LogP contribution in [-0.2, 0) is 0 Å². The Morgan fingerprint density at radius 3 is 2.14 bits per heavy atom. The van der Waals surface area contributed by atoms with E-state index in [1.165, 1.54) is 25.7 Å². The summed E-state index contributed by atoms with van der Waals surface area (Å²) in [5.41, 5.74) is 3.90. The lowest BCUT2D eigenvalue weighted by Gasteiger charge is -2.29. The maximum Gasteiger partial charge on any atom is 0.119 e. The second-order valence-corrected chi connectivity index (χ2v) is 8.06. The van der Waals surface area contributed by atoms with Crippen LogP contribution < -0.4 is 4.74 Å². The third kappa shape index (κ3) is 4.80. The van der Waals surface area contributed by atoms with Crippen LogP contribution >= 0.6 is 0 Å². The molecule has 150 valence electrons. The van der Waals surface area contributed by atoms with Gasteiger partial charge in [-0.1, -0.05) is 51.0 Å². The molecule has 0 atom stereocenters. The molecule has 3 rings (SSSR count). The minimum atomic E-state index is 0.392. The van der Waals surface area contributed by atoms with Crippen LogP contribution in [-0.4, -0.2) is 6.61 Å². The Hall–Kier alpha value is -2.78. The molecule has 3 heteroatoms. The summed E-state index contributed by atoms with van der Waals surface area (Å²) in [4.78, 5) is 0. The second kappa shape index (κ2) is 10.1. The molecule has 0 amide bonds. The molecule has 2 aromatic carbocycles. The fourth-order valence-electron chi connectivity index (χ4n) is 4.56. The van der Waals surface area contributed by atoms with Crippen LogP contribution in [0.5, 0.6) is 5.75 Å². The van der Waals surface area contributed by atoms with Crippen molar-refractivity contribution in [3.8, 4) is 29.0 Å². The van der Waals surface area contributed by atoms with Gasteiger partial charge < -0.3 is 4.74 Å². The van der Waals surface area contributed by atoms with Crippen molar-refractivity contribution in [2.45, 2.75) is 64.7 Å². The van der Waals surface area contributed by atoms with Crippen molar-refractivity contribution in [2.75, 3.05) is 6.61 Å². The van der Waals surface area contributed by atoms with E-state index in [1.807, 2.05) is 30.3 Å². The maximum atomic E-state index is 9.89. The fraction of sp³-hybridized carbons (Fsp3) is 0.462. The topological polar surface area (TPSA) is 56.8 Å². The van der Waals surface area contributed by atoms with Crippen molar-refractivity contribution in [3.05, 3.63) is 53.1 Å². The van der Waals surface area contributed by atoms with Gasteiger partial charge in [0.1, 0.15) is 17.9 Å². The molecule has 1 aliphatic carbocycles. The monoisotopic (exact) mass is 386 g/mol. The zero-order valence-electron chi connectivity index (χ0n) is 17.6. The minimum Gasteiger partial charge on any atom is -0.494 e. The molecular formula is C26H30N2O. The Balaban J connectivity index is 1.88. The van der Waals surface area contributed by atoms with Gasteiger partial charge in [0, 0.05) is 5.56 Å². The minimum absolute atomic E-state index is 0.392. The molecule has 0 aromatic heterocycles. The lowest BCUT2D eigenvalue weighted by atomic mass is 9.75. The molecule has 2 aromatic rings. The van der Waals surface area contributed by atoms with Crippen molar-refractivity contribution in [1.82, 2.24) is 0 Å². The zero-order valence-corrected chi connectivity index (χ0v) is 17.6. The van der Waals surface area contributed by atoms with Gasteiger partial charge in [-0.3, -0.25) is 0 Å². The molecule has 29 heavy (non-hydrogen) atoms. The van der Waals surface area contributed by atoms with Gasteiger partial charge >= 0.3 is 0 Å². The van der Waals surface area contributed by atoms with Crippen LogP contribution in [0.15, 0.2) is 36.4 Å². The Morgan fingerprint density at radius 1 is 0.862 bits per heavy atom. The third-order valence-corrected chi connectivity index (χ3v) is 6.08. The van der Waals surface area contributed by atoms with Gasteiger partial charge in [-0.15, -0.1) is 0 Å². The largest absolute Gasteiger partial charge is 0.494 e. The normalized spacial score (nSPS) is 18.6. The van der Waals surface area contributed by atoms with Crippen LogP contribution in [0.4, 0.5) is 0 Å². The number of benzene rings is 2. The molecule has 3 nitrogen and oxygen atoms in total. The summed E-state index contributed by atoms with van der Waals surface area (Å²) in [7, 11) is 0. The Kier molecular flexibility index (Phi) is 7.31. The molecule has 0 unspecified atom stereocenters. The first-order chi connectivity index (χ1) is 14.2. The highest BCUT2D eigenvalue weighted by Gasteiger charge is 2.26. The van der Waals surface area contributed by atoms with E-state index in [9.17, 15) is 10.5 Å². The molecule has 0 spiro atoms. The van der Waals surface area contributed by atoms with E-state index in [0.717, 1.165) is 47.6 Å². The molecule has 1 fully saturated rings. The number of ether oxygens (including phenoxy) is 1. The predicted octanol–water partition coefficient (Wildman–Crippen LogP) is 6.96. The Morgan fingerprint density at radius 2 is 1.55 bits per heavy atom. The van der Waals surface area contributed by atoms with Crippen LogP contribution in [0.3, 0.4) is 0 Å². The molecular weight excluding hydrogens is 356 g/mol. The molecule has 0 radical (unpaired) electrons.